The lowest BCUT2D eigenvalue weighted by Crippen LogP contribution is -2.48. The Morgan fingerprint density at radius 1 is 1.31 bits per heavy atom. The highest BCUT2D eigenvalue weighted by Crippen LogP contribution is 2.37. The van der Waals surface area contributed by atoms with E-state index in [2.05, 4.69) is 0 Å². The van der Waals surface area contributed by atoms with Crippen LogP contribution in [-0.2, 0) is 14.3 Å². The van der Waals surface area contributed by atoms with Crippen LogP contribution in [0.15, 0.2) is 0 Å². The molecule has 2 rings (SSSR count). The first-order valence-corrected chi connectivity index (χ1v) is 7.08. The van der Waals surface area contributed by atoms with Gasteiger partial charge in [0.1, 0.15) is 0 Å². The molecule has 2 heterocycles. The molecule has 0 radical (unpaired) electrons. The minimum absolute atomic E-state index is 0.0806. The van der Waals surface area contributed by atoms with Gasteiger partial charge in [-0.3, -0.25) is 4.18 Å². The monoisotopic (exact) mass is 249 g/mol. The molecular weight excluding hydrogens is 234 g/mol. The molecule has 7 heteroatoms. The van der Waals surface area contributed by atoms with Crippen molar-refractivity contribution < 1.29 is 22.5 Å². The van der Waals surface area contributed by atoms with Crippen LogP contribution >= 0.6 is 0 Å². The van der Waals surface area contributed by atoms with Gasteiger partial charge in [0.15, 0.2) is 0 Å². The maximum atomic E-state index is 11.0. The average molecular weight is 249 g/mol. The van der Waals surface area contributed by atoms with Gasteiger partial charge in [-0.05, 0) is 25.7 Å². The van der Waals surface area contributed by atoms with E-state index in [9.17, 15) is 13.2 Å². The molecule has 0 aromatic heterocycles. The first-order valence-electron chi connectivity index (χ1n) is 5.26. The van der Waals surface area contributed by atoms with Gasteiger partial charge in [-0.15, -0.1) is 0 Å². The number of fused-ring (bicyclic) bond motifs is 2. The second kappa shape index (κ2) is 3.89. The Hall–Kier alpha value is -0.820. The van der Waals surface area contributed by atoms with E-state index in [0.29, 0.717) is 12.8 Å². The number of hydrogen-bond acceptors (Lipinski definition) is 4. The summed E-state index contributed by atoms with van der Waals surface area (Å²) in [6.07, 6.45) is 2.33. The highest BCUT2D eigenvalue weighted by Gasteiger charge is 2.44. The number of carbonyl (C=O) groups is 1. The van der Waals surface area contributed by atoms with Crippen LogP contribution in [0.1, 0.15) is 25.7 Å². The van der Waals surface area contributed by atoms with Gasteiger partial charge in [-0.1, -0.05) is 0 Å². The van der Waals surface area contributed by atoms with Crippen LogP contribution in [0.4, 0.5) is 4.79 Å². The minimum Gasteiger partial charge on any atom is -0.465 e. The molecule has 2 aliphatic rings. The Balaban J connectivity index is 2.05. The summed E-state index contributed by atoms with van der Waals surface area (Å²) < 4.78 is 26.9. The van der Waals surface area contributed by atoms with Crippen molar-refractivity contribution >= 4 is 16.2 Å². The van der Waals surface area contributed by atoms with Gasteiger partial charge in [-0.2, -0.15) is 8.42 Å². The van der Waals surface area contributed by atoms with Crippen molar-refractivity contribution in [3.05, 3.63) is 0 Å². The van der Waals surface area contributed by atoms with Crippen molar-refractivity contribution in [1.82, 2.24) is 4.90 Å². The summed E-state index contributed by atoms with van der Waals surface area (Å²) >= 11 is 0. The van der Waals surface area contributed by atoms with Gasteiger partial charge in [0.2, 0.25) is 0 Å². The Bertz CT molecular complexity index is 379. The van der Waals surface area contributed by atoms with Gasteiger partial charge in [0.25, 0.3) is 10.1 Å². The molecule has 0 aromatic rings. The highest BCUT2D eigenvalue weighted by atomic mass is 32.2. The summed E-state index contributed by atoms with van der Waals surface area (Å²) in [6.45, 7) is 0. The summed E-state index contributed by atoms with van der Waals surface area (Å²) in [4.78, 5) is 12.4. The second-order valence-electron chi connectivity index (χ2n) is 4.47. The molecule has 2 fully saturated rings. The van der Waals surface area contributed by atoms with Gasteiger partial charge >= 0.3 is 6.09 Å². The number of carboxylic acid groups (broad SMARTS) is 1. The summed E-state index contributed by atoms with van der Waals surface area (Å²) in [5, 5.41) is 9.00. The van der Waals surface area contributed by atoms with Crippen LogP contribution in [-0.4, -0.2) is 49.0 Å². The zero-order chi connectivity index (χ0) is 11.9. The maximum Gasteiger partial charge on any atom is 0.407 e. The number of piperidine rings is 1. The molecule has 0 saturated carbocycles. The standard InChI is InChI=1S/C9H15NO5S/c1-16(13,14)15-8-4-6-2-3-7(5-8)10(6)9(11)12/h6-8H,2-5H2,1H3,(H,11,12)/t6-,7+,8-. The third-order valence-corrected chi connectivity index (χ3v) is 3.84. The van der Waals surface area contributed by atoms with Gasteiger partial charge in [0, 0.05) is 12.1 Å². The normalized spacial score (nSPS) is 34.1. The average Bonchev–Trinajstić information content (AvgIpc) is 2.36. The number of rotatable bonds is 2. The van der Waals surface area contributed by atoms with Crippen molar-refractivity contribution in [2.45, 2.75) is 43.9 Å². The van der Waals surface area contributed by atoms with E-state index in [1.54, 1.807) is 0 Å². The van der Waals surface area contributed by atoms with Crippen molar-refractivity contribution in [1.29, 1.82) is 0 Å². The van der Waals surface area contributed by atoms with Gasteiger partial charge < -0.3 is 10.0 Å². The topological polar surface area (TPSA) is 83.9 Å². The molecule has 1 N–H and O–H groups in total. The van der Waals surface area contributed by atoms with Crippen LogP contribution in [0.5, 0.6) is 0 Å². The maximum absolute atomic E-state index is 11.0. The molecule has 2 bridgehead atoms. The predicted octanol–water partition coefficient (Wildman–Crippen LogP) is 0.636. The van der Waals surface area contributed by atoms with Crippen LogP contribution < -0.4 is 0 Å². The zero-order valence-corrected chi connectivity index (χ0v) is 9.81. The van der Waals surface area contributed by atoms with Crippen molar-refractivity contribution in [2.75, 3.05) is 6.26 Å². The van der Waals surface area contributed by atoms with Crippen molar-refractivity contribution in [3.63, 3.8) is 0 Å². The summed E-state index contributed by atoms with van der Waals surface area (Å²) in [5.41, 5.74) is 0. The van der Waals surface area contributed by atoms with Gasteiger partial charge in [0.05, 0.1) is 12.4 Å². The van der Waals surface area contributed by atoms with Crippen LogP contribution in [0.2, 0.25) is 0 Å². The summed E-state index contributed by atoms with van der Waals surface area (Å²) in [7, 11) is -3.45. The molecule has 92 valence electrons. The third-order valence-electron chi connectivity index (χ3n) is 3.22. The molecule has 0 aliphatic carbocycles. The van der Waals surface area contributed by atoms with E-state index < -0.39 is 16.2 Å². The van der Waals surface area contributed by atoms with E-state index >= 15 is 0 Å². The Kier molecular flexibility index (Phi) is 2.83. The van der Waals surface area contributed by atoms with Crippen molar-refractivity contribution in [2.24, 2.45) is 0 Å². The van der Waals surface area contributed by atoms with Crippen LogP contribution in [0.25, 0.3) is 0 Å². The van der Waals surface area contributed by atoms with E-state index in [1.165, 1.54) is 4.90 Å². The molecule has 0 unspecified atom stereocenters. The summed E-state index contributed by atoms with van der Waals surface area (Å²) in [5.74, 6) is 0. The fourth-order valence-corrected chi connectivity index (χ4v) is 3.42. The quantitative estimate of drug-likeness (QED) is 0.726. The Morgan fingerprint density at radius 2 is 1.81 bits per heavy atom. The van der Waals surface area contributed by atoms with E-state index in [-0.39, 0.29) is 18.2 Å². The molecule has 2 saturated heterocycles. The fraction of sp³-hybridized carbons (Fsp3) is 0.889. The summed E-state index contributed by atoms with van der Waals surface area (Å²) in [6, 6.07) is -0.161. The molecule has 3 atom stereocenters. The Labute approximate surface area is 94.3 Å². The highest BCUT2D eigenvalue weighted by molar-refractivity contribution is 7.86. The molecule has 0 spiro atoms. The minimum atomic E-state index is -3.45. The predicted molar refractivity (Wildman–Crippen MR) is 55.6 cm³/mol. The number of hydrogen-bond donors (Lipinski definition) is 1. The lowest BCUT2D eigenvalue weighted by molar-refractivity contribution is 0.0530. The molecule has 6 nitrogen and oxygen atoms in total. The first-order chi connectivity index (χ1) is 7.37. The van der Waals surface area contributed by atoms with Crippen molar-refractivity contribution in [3.8, 4) is 0 Å². The zero-order valence-electron chi connectivity index (χ0n) is 9.00. The lowest BCUT2D eigenvalue weighted by Gasteiger charge is -2.36. The molecule has 0 aromatic carbocycles. The molecule has 16 heavy (non-hydrogen) atoms. The van der Waals surface area contributed by atoms with Crippen LogP contribution in [0, 0.1) is 0 Å². The van der Waals surface area contributed by atoms with E-state index in [4.69, 9.17) is 9.29 Å². The SMILES string of the molecule is CS(=O)(=O)O[C@@H]1C[C@H]2CC[C@@H](C1)N2C(=O)O. The third kappa shape index (κ3) is 2.30. The Morgan fingerprint density at radius 3 is 2.19 bits per heavy atom. The lowest BCUT2D eigenvalue weighted by atomic mass is 10.0. The number of amides is 1. The largest absolute Gasteiger partial charge is 0.465 e. The van der Waals surface area contributed by atoms with E-state index in [0.717, 1.165) is 19.1 Å². The smallest absolute Gasteiger partial charge is 0.407 e. The second-order valence-corrected chi connectivity index (χ2v) is 6.07. The van der Waals surface area contributed by atoms with E-state index in [1.807, 2.05) is 0 Å². The fourth-order valence-electron chi connectivity index (χ4n) is 2.77. The first kappa shape index (κ1) is 11.7. The molecule has 1 amide bonds. The molecular formula is C9H15NO5S. The van der Waals surface area contributed by atoms with Crippen LogP contribution in [0.3, 0.4) is 0 Å². The van der Waals surface area contributed by atoms with Gasteiger partial charge in [-0.25, -0.2) is 4.79 Å². The molecule has 2 aliphatic heterocycles. The number of nitrogens with zero attached hydrogens (tertiary/aromatic N) is 1.